The molecule has 7 nitrogen and oxygen atoms in total. The standard InChI is InChI=1S/C21H15Cl3N2O5S/c1-2-31-20(29)13-9-12(6-7-14(13)22)25-17(27)10-26-19(28)16(32-21(26)30)8-11-4-3-5-15(23)18(11)24/h3-9H,2,10H2,1H3,(H,25,27)/b16-8+. The van der Waals surface area contributed by atoms with Crippen molar-refractivity contribution in [3.05, 3.63) is 67.5 Å². The second kappa shape index (κ2) is 10.4. The molecule has 0 radical (unpaired) electrons. The van der Waals surface area contributed by atoms with Crippen LogP contribution in [0.15, 0.2) is 41.3 Å². The number of hydrogen-bond acceptors (Lipinski definition) is 6. The van der Waals surface area contributed by atoms with Gasteiger partial charge in [0, 0.05) is 5.69 Å². The van der Waals surface area contributed by atoms with E-state index in [2.05, 4.69) is 5.32 Å². The molecule has 1 fully saturated rings. The lowest BCUT2D eigenvalue weighted by atomic mass is 10.2. The summed E-state index contributed by atoms with van der Waals surface area (Å²) in [4.78, 5) is 50.3. The van der Waals surface area contributed by atoms with E-state index in [1.165, 1.54) is 24.3 Å². The first-order valence-corrected chi connectivity index (χ1v) is 11.1. The summed E-state index contributed by atoms with van der Waals surface area (Å²) >= 11 is 18.8. The number of ether oxygens (including phenoxy) is 1. The third-order valence-electron chi connectivity index (χ3n) is 4.19. The Hall–Kier alpha value is -2.52. The van der Waals surface area contributed by atoms with Crippen LogP contribution in [0.3, 0.4) is 0 Å². The monoisotopic (exact) mass is 512 g/mol. The topological polar surface area (TPSA) is 92.8 Å². The van der Waals surface area contributed by atoms with Gasteiger partial charge in [-0.25, -0.2) is 4.79 Å². The Morgan fingerprint density at radius 1 is 1.12 bits per heavy atom. The normalized spacial score (nSPS) is 14.8. The van der Waals surface area contributed by atoms with E-state index in [0.717, 1.165) is 4.90 Å². The molecule has 1 aliphatic rings. The Morgan fingerprint density at radius 2 is 1.88 bits per heavy atom. The summed E-state index contributed by atoms with van der Waals surface area (Å²) in [6.45, 7) is 1.31. The SMILES string of the molecule is CCOC(=O)c1cc(NC(=O)CN2C(=O)S/C(=C/c3cccc(Cl)c3Cl)C2=O)ccc1Cl. The van der Waals surface area contributed by atoms with E-state index in [4.69, 9.17) is 39.5 Å². The second-order valence-electron chi connectivity index (χ2n) is 6.37. The van der Waals surface area contributed by atoms with Crippen LogP contribution in [0, 0.1) is 0 Å². The molecule has 32 heavy (non-hydrogen) atoms. The van der Waals surface area contributed by atoms with E-state index in [1.54, 1.807) is 25.1 Å². The number of esters is 1. The van der Waals surface area contributed by atoms with E-state index in [9.17, 15) is 19.2 Å². The molecule has 0 unspecified atom stereocenters. The molecule has 3 amide bonds. The van der Waals surface area contributed by atoms with Gasteiger partial charge in [-0.05, 0) is 54.6 Å². The molecule has 0 aliphatic carbocycles. The maximum Gasteiger partial charge on any atom is 0.339 e. The third kappa shape index (κ3) is 5.45. The lowest BCUT2D eigenvalue weighted by Gasteiger charge is -2.13. The number of benzene rings is 2. The highest BCUT2D eigenvalue weighted by Gasteiger charge is 2.36. The molecule has 0 spiro atoms. The summed E-state index contributed by atoms with van der Waals surface area (Å²) in [7, 11) is 0. The van der Waals surface area contributed by atoms with Crippen molar-refractivity contribution in [1.82, 2.24) is 4.90 Å². The highest BCUT2D eigenvalue weighted by molar-refractivity contribution is 8.18. The fraction of sp³-hybridized carbons (Fsp3) is 0.143. The first-order valence-electron chi connectivity index (χ1n) is 9.17. The van der Waals surface area contributed by atoms with Gasteiger partial charge in [0.1, 0.15) is 6.54 Å². The van der Waals surface area contributed by atoms with Crippen LogP contribution in [0.1, 0.15) is 22.8 Å². The van der Waals surface area contributed by atoms with Crippen LogP contribution in [-0.2, 0) is 14.3 Å². The van der Waals surface area contributed by atoms with Crippen LogP contribution < -0.4 is 5.32 Å². The van der Waals surface area contributed by atoms with Crippen molar-refractivity contribution in [2.75, 3.05) is 18.5 Å². The molecule has 0 atom stereocenters. The number of rotatable bonds is 6. The van der Waals surface area contributed by atoms with E-state index >= 15 is 0 Å². The van der Waals surface area contributed by atoms with Gasteiger partial charge in [0.15, 0.2) is 0 Å². The number of halogens is 3. The zero-order valence-electron chi connectivity index (χ0n) is 16.5. The molecule has 1 heterocycles. The third-order valence-corrected chi connectivity index (χ3v) is 6.26. The second-order valence-corrected chi connectivity index (χ2v) is 8.56. The van der Waals surface area contributed by atoms with Gasteiger partial charge >= 0.3 is 5.97 Å². The first-order chi connectivity index (χ1) is 15.2. The number of carbonyl (C=O) groups excluding carboxylic acids is 4. The number of amides is 3. The predicted molar refractivity (Wildman–Crippen MR) is 125 cm³/mol. The average Bonchev–Trinajstić information content (AvgIpc) is 3.00. The van der Waals surface area contributed by atoms with E-state index in [1.807, 2.05) is 0 Å². The van der Waals surface area contributed by atoms with Crippen LogP contribution in [0.25, 0.3) is 6.08 Å². The van der Waals surface area contributed by atoms with Crippen molar-refractivity contribution < 1.29 is 23.9 Å². The zero-order valence-corrected chi connectivity index (χ0v) is 19.6. The highest BCUT2D eigenvalue weighted by atomic mass is 35.5. The molecular formula is C21H15Cl3N2O5S. The summed E-state index contributed by atoms with van der Waals surface area (Å²) in [6.07, 6.45) is 1.45. The Labute approximate surface area is 202 Å². The quantitative estimate of drug-likeness (QED) is 0.405. The van der Waals surface area contributed by atoms with Crippen LogP contribution in [0.5, 0.6) is 0 Å². The van der Waals surface area contributed by atoms with Crippen molar-refractivity contribution in [3.63, 3.8) is 0 Å². The van der Waals surface area contributed by atoms with Gasteiger partial charge in [-0.3, -0.25) is 19.3 Å². The van der Waals surface area contributed by atoms with Gasteiger partial charge < -0.3 is 10.1 Å². The molecule has 2 aromatic rings. The van der Waals surface area contributed by atoms with Gasteiger partial charge in [-0.2, -0.15) is 0 Å². The lowest BCUT2D eigenvalue weighted by Crippen LogP contribution is -2.36. The number of anilines is 1. The fourth-order valence-electron chi connectivity index (χ4n) is 2.72. The van der Waals surface area contributed by atoms with Gasteiger partial charge in [-0.15, -0.1) is 0 Å². The van der Waals surface area contributed by atoms with Crippen molar-refractivity contribution in [2.24, 2.45) is 0 Å². The predicted octanol–water partition coefficient (Wildman–Crippen LogP) is 5.50. The summed E-state index contributed by atoms with van der Waals surface area (Å²) in [5.74, 6) is -1.90. The van der Waals surface area contributed by atoms with Crippen LogP contribution in [-0.4, -0.2) is 41.1 Å². The van der Waals surface area contributed by atoms with E-state index in [0.29, 0.717) is 22.3 Å². The molecule has 11 heteroatoms. The summed E-state index contributed by atoms with van der Waals surface area (Å²) < 4.78 is 4.92. The van der Waals surface area contributed by atoms with Gasteiger partial charge in [0.05, 0.1) is 32.1 Å². The van der Waals surface area contributed by atoms with Gasteiger partial charge in [-0.1, -0.05) is 46.9 Å². The minimum atomic E-state index is -0.635. The van der Waals surface area contributed by atoms with Crippen molar-refractivity contribution in [3.8, 4) is 0 Å². The molecular weight excluding hydrogens is 499 g/mol. The van der Waals surface area contributed by atoms with Crippen LogP contribution >= 0.6 is 46.6 Å². The van der Waals surface area contributed by atoms with E-state index in [-0.39, 0.29) is 32.8 Å². The number of imide groups is 1. The molecule has 1 aliphatic heterocycles. The molecule has 1 saturated heterocycles. The molecule has 1 N–H and O–H groups in total. The average molecular weight is 514 g/mol. The Balaban J connectivity index is 1.72. The maximum atomic E-state index is 12.6. The van der Waals surface area contributed by atoms with Gasteiger partial charge in [0.25, 0.3) is 11.1 Å². The number of thioether (sulfide) groups is 1. The van der Waals surface area contributed by atoms with Crippen LogP contribution in [0.4, 0.5) is 10.5 Å². The summed E-state index contributed by atoms with van der Waals surface area (Å²) in [5.41, 5.74) is 0.816. The molecule has 0 aromatic heterocycles. The first kappa shape index (κ1) is 24.1. The molecule has 0 bridgehead atoms. The van der Waals surface area contributed by atoms with Crippen molar-refractivity contribution in [1.29, 1.82) is 0 Å². The Kier molecular flexibility index (Phi) is 7.84. The minimum absolute atomic E-state index is 0.0822. The van der Waals surface area contributed by atoms with E-state index < -0.39 is 29.6 Å². The summed E-state index contributed by atoms with van der Waals surface area (Å²) in [5, 5.41) is 2.66. The largest absolute Gasteiger partial charge is 0.462 e. The number of carbonyl (C=O) groups is 4. The molecule has 3 rings (SSSR count). The highest BCUT2D eigenvalue weighted by Crippen LogP contribution is 2.35. The molecule has 0 saturated carbocycles. The van der Waals surface area contributed by atoms with Crippen molar-refractivity contribution >= 4 is 81.4 Å². The zero-order chi connectivity index (χ0) is 23.4. The maximum absolute atomic E-state index is 12.6. The number of nitrogens with zero attached hydrogens (tertiary/aromatic N) is 1. The molecule has 2 aromatic carbocycles. The molecule has 166 valence electrons. The minimum Gasteiger partial charge on any atom is -0.462 e. The smallest absolute Gasteiger partial charge is 0.339 e. The lowest BCUT2D eigenvalue weighted by molar-refractivity contribution is -0.127. The number of nitrogens with one attached hydrogen (secondary N) is 1. The van der Waals surface area contributed by atoms with Crippen molar-refractivity contribution in [2.45, 2.75) is 6.92 Å². The Morgan fingerprint density at radius 3 is 2.59 bits per heavy atom. The van der Waals surface area contributed by atoms with Gasteiger partial charge in [0.2, 0.25) is 5.91 Å². The fourth-order valence-corrected chi connectivity index (χ4v) is 4.11. The van der Waals surface area contributed by atoms with Crippen LogP contribution in [0.2, 0.25) is 15.1 Å². The Bertz CT molecular complexity index is 1150. The summed E-state index contributed by atoms with van der Waals surface area (Å²) in [6, 6.07) is 9.18. The number of hydrogen-bond donors (Lipinski definition) is 1.